The second-order valence-corrected chi connectivity index (χ2v) is 4.72. The average molecular weight is 270 g/mol. The first kappa shape index (κ1) is 14.5. The lowest BCUT2D eigenvalue weighted by atomic mass is 10.1. The fourth-order valence-electron chi connectivity index (χ4n) is 2.14. The van der Waals surface area contributed by atoms with Crippen molar-refractivity contribution < 1.29 is 0 Å². The summed E-state index contributed by atoms with van der Waals surface area (Å²) < 4.78 is 0. The Kier molecular flexibility index (Phi) is 5.50. The largest absolute Gasteiger partial charge is 0.381 e. The molecule has 0 saturated heterocycles. The van der Waals surface area contributed by atoms with Gasteiger partial charge in [-0.05, 0) is 24.7 Å². The van der Waals surface area contributed by atoms with Gasteiger partial charge in [-0.25, -0.2) is 9.97 Å². The number of hydrogen-bond acceptors (Lipinski definition) is 4. The zero-order chi connectivity index (χ0) is 14.2. The second kappa shape index (κ2) is 7.60. The highest BCUT2D eigenvalue weighted by molar-refractivity contribution is 5.51. The summed E-state index contributed by atoms with van der Waals surface area (Å²) in [6, 6.07) is 8.47. The van der Waals surface area contributed by atoms with Crippen LogP contribution >= 0.6 is 0 Å². The Morgan fingerprint density at radius 3 is 2.45 bits per heavy atom. The lowest BCUT2D eigenvalue weighted by molar-refractivity contribution is 0.296. The molecule has 106 valence electrons. The van der Waals surface area contributed by atoms with E-state index in [0.29, 0.717) is 0 Å². The SMILES string of the molecule is CCN(CC)Cc1ccccc1NCc1cncnc1. The van der Waals surface area contributed by atoms with E-state index in [1.165, 1.54) is 11.3 Å². The van der Waals surface area contributed by atoms with Gasteiger partial charge in [-0.2, -0.15) is 0 Å². The molecular weight excluding hydrogens is 248 g/mol. The first-order valence-corrected chi connectivity index (χ1v) is 7.11. The number of benzene rings is 1. The number of nitrogens with zero attached hydrogens (tertiary/aromatic N) is 3. The molecule has 4 nitrogen and oxygen atoms in total. The molecule has 0 radical (unpaired) electrons. The van der Waals surface area contributed by atoms with Crippen LogP contribution in [-0.4, -0.2) is 28.0 Å². The molecule has 0 aliphatic carbocycles. The minimum Gasteiger partial charge on any atom is -0.381 e. The highest BCUT2D eigenvalue weighted by atomic mass is 15.1. The maximum Gasteiger partial charge on any atom is 0.115 e. The Bertz CT molecular complexity index is 509. The van der Waals surface area contributed by atoms with Crippen LogP contribution in [0.1, 0.15) is 25.0 Å². The molecule has 0 aliphatic heterocycles. The fourth-order valence-corrected chi connectivity index (χ4v) is 2.14. The lowest BCUT2D eigenvalue weighted by Gasteiger charge is -2.20. The third-order valence-corrected chi connectivity index (χ3v) is 3.40. The van der Waals surface area contributed by atoms with Gasteiger partial charge < -0.3 is 5.32 Å². The first-order valence-electron chi connectivity index (χ1n) is 7.11. The van der Waals surface area contributed by atoms with Gasteiger partial charge in [0.1, 0.15) is 6.33 Å². The number of rotatable bonds is 7. The van der Waals surface area contributed by atoms with E-state index in [-0.39, 0.29) is 0 Å². The normalized spacial score (nSPS) is 10.8. The van der Waals surface area contributed by atoms with E-state index >= 15 is 0 Å². The van der Waals surface area contributed by atoms with Gasteiger partial charge in [-0.3, -0.25) is 4.90 Å². The number of nitrogens with one attached hydrogen (secondary N) is 1. The van der Waals surface area contributed by atoms with Crippen LogP contribution in [0.3, 0.4) is 0 Å². The Hall–Kier alpha value is -1.94. The van der Waals surface area contributed by atoms with Gasteiger partial charge in [-0.1, -0.05) is 32.0 Å². The Labute approximate surface area is 120 Å². The van der Waals surface area contributed by atoms with E-state index in [0.717, 1.165) is 31.7 Å². The predicted molar refractivity (Wildman–Crippen MR) is 82.4 cm³/mol. The predicted octanol–water partition coefficient (Wildman–Crippen LogP) is 2.93. The van der Waals surface area contributed by atoms with Gasteiger partial charge in [0.25, 0.3) is 0 Å². The van der Waals surface area contributed by atoms with Crippen LogP contribution in [0.15, 0.2) is 43.0 Å². The molecule has 0 saturated carbocycles. The summed E-state index contributed by atoms with van der Waals surface area (Å²) in [7, 11) is 0. The summed E-state index contributed by atoms with van der Waals surface area (Å²) in [5.41, 5.74) is 3.60. The van der Waals surface area contributed by atoms with Crippen LogP contribution in [0.25, 0.3) is 0 Å². The molecule has 0 bridgehead atoms. The highest BCUT2D eigenvalue weighted by Crippen LogP contribution is 2.18. The van der Waals surface area contributed by atoms with Crippen LogP contribution in [0.5, 0.6) is 0 Å². The molecule has 0 unspecified atom stereocenters. The maximum absolute atomic E-state index is 4.03. The summed E-state index contributed by atoms with van der Waals surface area (Å²) in [6.45, 7) is 8.24. The standard InChI is InChI=1S/C16H22N4/c1-3-20(4-2)12-15-7-5-6-8-16(15)19-11-14-9-17-13-18-10-14/h5-10,13,19H,3-4,11-12H2,1-2H3. The molecule has 4 heteroatoms. The zero-order valence-corrected chi connectivity index (χ0v) is 12.2. The summed E-state index contributed by atoms with van der Waals surface area (Å²) in [4.78, 5) is 10.5. The fraction of sp³-hybridized carbons (Fsp3) is 0.375. The van der Waals surface area contributed by atoms with Crippen molar-refractivity contribution in [2.45, 2.75) is 26.9 Å². The molecule has 2 aromatic rings. The van der Waals surface area contributed by atoms with Crippen LogP contribution in [0.4, 0.5) is 5.69 Å². The van der Waals surface area contributed by atoms with Crippen molar-refractivity contribution in [1.82, 2.24) is 14.9 Å². The van der Waals surface area contributed by atoms with Gasteiger partial charge in [0.05, 0.1) is 0 Å². The molecular formula is C16H22N4. The average Bonchev–Trinajstić information content (AvgIpc) is 2.52. The van der Waals surface area contributed by atoms with E-state index in [1.807, 2.05) is 12.4 Å². The van der Waals surface area contributed by atoms with E-state index in [9.17, 15) is 0 Å². The van der Waals surface area contributed by atoms with E-state index in [2.05, 4.69) is 58.3 Å². The molecule has 1 aromatic heterocycles. The number of para-hydroxylation sites is 1. The molecule has 0 amide bonds. The quantitative estimate of drug-likeness (QED) is 0.840. The molecule has 1 N–H and O–H groups in total. The topological polar surface area (TPSA) is 41.0 Å². The summed E-state index contributed by atoms with van der Waals surface area (Å²) in [5.74, 6) is 0. The lowest BCUT2D eigenvalue weighted by Crippen LogP contribution is -2.22. The van der Waals surface area contributed by atoms with Crippen molar-refractivity contribution in [2.75, 3.05) is 18.4 Å². The third-order valence-electron chi connectivity index (χ3n) is 3.40. The minimum absolute atomic E-state index is 0.746. The van der Waals surface area contributed by atoms with Crippen LogP contribution in [0.2, 0.25) is 0 Å². The van der Waals surface area contributed by atoms with Crippen LogP contribution < -0.4 is 5.32 Å². The summed E-state index contributed by atoms with van der Waals surface area (Å²) in [5, 5.41) is 3.48. The van der Waals surface area contributed by atoms with E-state index in [1.54, 1.807) is 6.33 Å². The smallest absolute Gasteiger partial charge is 0.115 e. The number of aromatic nitrogens is 2. The van der Waals surface area contributed by atoms with Gasteiger partial charge in [0.2, 0.25) is 0 Å². The van der Waals surface area contributed by atoms with E-state index < -0.39 is 0 Å². The van der Waals surface area contributed by atoms with Crippen molar-refractivity contribution in [3.05, 3.63) is 54.1 Å². The van der Waals surface area contributed by atoms with Crippen LogP contribution in [0, 0.1) is 0 Å². The number of anilines is 1. The Balaban J connectivity index is 2.04. The van der Waals surface area contributed by atoms with Crippen molar-refractivity contribution >= 4 is 5.69 Å². The second-order valence-electron chi connectivity index (χ2n) is 4.72. The van der Waals surface area contributed by atoms with Crippen molar-refractivity contribution in [3.63, 3.8) is 0 Å². The molecule has 0 spiro atoms. The molecule has 2 rings (SSSR count). The number of hydrogen-bond donors (Lipinski definition) is 1. The molecule has 1 aromatic carbocycles. The minimum atomic E-state index is 0.746. The first-order chi connectivity index (χ1) is 9.83. The van der Waals surface area contributed by atoms with Gasteiger partial charge in [0, 0.05) is 36.7 Å². The monoisotopic (exact) mass is 270 g/mol. The van der Waals surface area contributed by atoms with Gasteiger partial charge in [0.15, 0.2) is 0 Å². The van der Waals surface area contributed by atoms with Crippen LogP contribution in [-0.2, 0) is 13.1 Å². The van der Waals surface area contributed by atoms with E-state index in [4.69, 9.17) is 0 Å². The molecule has 20 heavy (non-hydrogen) atoms. The highest BCUT2D eigenvalue weighted by Gasteiger charge is 2.05. The molecule has 0 atom stereocenters. The molecule has 0 aliphatic rings. The molecule has 0 fully saturated rings. The van der Waals surface area contributed by atoms with Gasteiger partial charge >= 0.3 is 0 Å². The molecule has 1 heterocycles. The van der Waals surface area contributed by atoms with Crippen molar-refractivity contribution in [2.24, 2.45) is 0 Å². The zero-order valence-electron chi connectivity index (χ0n) is 12.2. The Morgan fingerprint density at radius 2 is 1.75 bits per heavy atom. The van der Waals surface area contributed by atoms with Crippen molar-refractivity contribution in [1.29, 1.82) is 0 Å². The van der Waals surface area contributed by atoms with Crippen molar-refractivity contribution in [3.8, 4) is 0 Å². The Morgan fingerprint density at radius 1 is 1.05 bits per heavy atom. The summed E-state index contributed by atoms with van der Waals surface area (Å²) >= 11 is 0. The summed E-state index contributed by atoms with van der Waals surface area (Å²) in [6.07, 6.45) is 5.23. The third kappa shape index (κ3) is 4.03. The van der Waals surface area contributed by atoms with Gasteiger partial charge in [-0.15, -0.1) is 0 Å². The maximum atomic E-state index is 4.03.